The Bertz CT molecular complexity index is 219. The third kappa shape index (κ3) is 3.08. The Balaban J connectivity index is 2.24. The summed E-state index contributed by atoms with van der Waals surface area (Å²) in [4.78, 5) is 11.2. The molecule has 2 unspecified atom stereocenters. The summed E-state index contributed by atoms with van der Waals surface area (Å²) in [5.41, 5.74) is 0. The first-order valence-corrected chi connectivity index (χ1v) is 4.65. The fraction of sp³-hybridized carbons (Fsp3) is 0.700. The van der Waals surface area contributed by atoms with Crippen molar-refractivity contribution in [1.29, 1.82) is 0 Å². The van der Waals surface area contributed by atoms with E-state index in [4.69, 9.17) is 6.42 Å². The van der Waals surface area contributed by atoms with Crippen molar-refractivity contribution in [2.24, 2.45) is 0 Å². The van der Waals surface area contributed by atoms with Gasteiger partial charge < -0.3 is 10.4 Å². The lowest BCUT2D eigenvalue weighted by Crippen LogP contribution is -2.39. The van der Waals surface area contributed by atoms with E-state index in [1.807, 2.05) is 0 Å². The molecule has 13 heavy (non-hydrogen) atoms. The zero-order valence-electron chi connectivity index (χ0n) is 7.62. The van der Waals surface area contributed by atoms with Gasteiger partial charge in [-0.25, -0.2) is 0 Å². The SMILES string of the molecule is C#CCCC(=O)NC1CCCC1O. The van der Waals surface area contributed by atoms with Gasteiger partial charge in [0.2, 0.25) is 5.91 Å². The minimum Gasteiger partial charge on any atom is -0.391 e. The average molecular weight is 181 g/mol. The van der Waals surface area contributed by atoms with Gasteiger partial charge in [-0.05, 0) is 19.3 Å². The molecule has 0 aromatic carbocycles. The molecule has 72 valence electrons. The molecule has 1 aliphatic rings. The summed E-state index contributed by atoms with van der Waals surface area (Å²) in [5, 5.41) is 12.2. The van der Waals surface area contributed by atoms with Gasteiger partial charge in [0, 0.05) is 12.8 Å². The van der Waals surface area contributed by atoms with Crippen LogP contribution in [0.5, 0.6) is 0 Å². The van der Waals surface area contributed by atoms with E-state index in [0.29, 0.717) is 12.8 Å². The molecule has 1 aliphatic carbocycles. The number of carbonyl (C=O) groups excluding carboxylic acids is 1. The van der Waals surface area contributed by atoms with E-state index >= 15 is 0 Å². The standard InChI is InChI=1S/C10H15NO2/c1-2-3-7-10(13)11-8-5-4-6-9(8)12/h1,8-9,12H,3-7H2,(H,11,13). The van der Waals surface area contributed by atoms with Crippen LogP contribution in [0.1, 0.15) is 32.1 Å². The van der Waals surface area contributed by atoms with Gasteiger partial charge in [-0.1, -0.05) is 0 Å². The van der Waals surface area contributed by atoms with Crippen molar-refractivity contribution < 1.29 is 9.90 Å². The van der Waals surface area contributed by atoms with Crippen molar-refractivity contribution in [3.05, 3.63) is 0 Å². The smallest absolute Gasteiger partial charge is 0.221 e. The number of terminal acetylenes is 1. The van der Waals surface area contributed by atoms with Crippen molar-refractivity contribution in [2.75, 3.05) is 0 Å². The van der Waals surface area contributed by atoms with Crippen LogP contribution in [0.4, 0.5) is 0 Å². The Morgan fingerprint density at radius 3 is 2.92 bits per heavy atom. The molecule has 0 bridgehead atoms. The fourth-order valence-electron chi connectivity index (χ4n) is 1.57. The Morgan fingerprint density at radius 2 is 2.38 bits per heavy atom. The van der Waals surface area contributed by atoms with E-state index in [1.54, 1.807) is 0 Å². The second-order valence-corrected chi connectivity index (χ2v) is 3.38. The second kappa shape index (κ2) is 4.88. The fourth-order valence-corrected chi connectivity index (χ4v) is 1.57. The number of carbonyl (C=O) groups is 1. The summed E-state index contributed by atoms with van der Waals surface area (Å²) >= 11 is 0. The van der Waals surface area contributed by atoms with Crippen molar-refractivity contribution in [3.8, 4) is 12.3 Å². The zero-order valence-corrected chi connectivity index (χ0v) is 7.62. The predicted molar refractivity (Wildman–Crippen MR) is 49.9 cm³/mol. The summed E-state index contributed by atoms with van der Waals surface area (Å²) < 4.78 is 0. The summed E-state index contributed by atoms with van der Waals surface area (Å²) in [6.45, 7) is 0. The lowest BCUT2D eigenvalue weighted by molar-refractivity contribution is -0.122. The third-order valence-corrected chi connectivity index (χ3v) is 2.32. The van der Waals surface area contributed by atoms with Crippen molar-refractivity contribution in [1.82, 2.24) is 5.32 Å². The predicted octanol–water partition coefficient (Wildman–Crippen LogP) is 0.429. The summed E-state index contributed by atoms with van der Waals surface area (Å²) in [6, 6.07) is -0.0507. The van der Waals surface area contributed by atoms with Gasteiger partial charge in [-0.3, -0.25) is 4.79 Å². The van der Waals surface area contributed by atoms with Gasteiger partial charge in [-0.2, -0.15) is 0 Å². The monoisotopic (exact) mass is 181 g/mol. The van der Waals surface area contributed by atoms with E-state index in [2.05, 4.69) is 11.2 Å². The van der Waals surface area contributed by atoms with Crippen LogP contribution in [0.25, 0.3) is 0 Å². The van der Waals surface area contributed by atoms with E-state index in [9.17, 15) is 9.90 Å². The van der Waals surface area contributed by atoms with E-state index < -0.39 is 0 Å². The maximum absolute atomic E-state index is 11.2. The zero-order chi connectivity index (χ0) is 9.68. The average Bonchev–Trinajstić information content (AvgIpc) is 2.48. The van der Waals surface area contributed by atoms with E-state index in [1.165, 1.54) is 0 Å². The largest absolute Gasteiger partial charge is 0.391 e. The Kier molecular flexibility index (Phi) is 3.78. The number of hydrogen-bond acceptors (Lipinski definition) is 2. The molecule has 0 heterocycles. The quantitative estimate of drug-likeness (QED) is 0.620. The lowest BCUT2D eigenvalue weighted by Gasteiger charge is -2.15. The molecule has 1 fully saturated rings. The first-order chi connectivity index (χ1) is 6.24. The molecule has 0 aromatic rings. The number of rotatable bonds is 3. The second-order valence-electron chi connectivity index (χ2n) is 3.38. The van der Waals surface area contributed by atoms with Gasteiger partial charge in [-0.15, -0.1) is 12.3 Å². The summed E-state index contributed by atoms with van der Waals surface area (Å²) in [7, 11) is 0. The molecular weight excluding hydrogens is 166 g/mol. The molecule has 1 amide bonds. The van der Waals surface area contributed by atoms with Gasteiger partial charge in [0.05, 0.1) is 12.1 Å². The molecule has 3 nitrogen and oxygen atoms in total. The minimum atomic E-state index is -0.366. The van der Waals surface area contributed by atoms with Crippen LogP contribution in [0, 0.1) is 12.3 Å². The van der Waals surface area contributed by atoms with Crippen molar-refractivity contribution >= 4 is 5.91 Å². The highest BCUT2D eigenvalue weighted by Crippen LogP contribution is 2.18. The molecular formula is C10H15NO2. The van der Waals surface area contributed by atoms with E-state index in [-0.39, 0.29) is 18.1 Å². The van der Waals surface area contributed by atoms with Gasteiger partial charge in [0.25, 0.3) is 0 Å². The molecule has 0 radical (unpaired) electrons. The first-order valence-electron chi connectivity index (χ1n) is 4.65. The molecule has 0 saturated heterocycles. The maximum atomic E-state index is 11.2. The molecule has 2 atom stereocenters. The Morgan fingerprint density at radius 1 is 1.62 bits per heavy atom. The number of nitrogens with one attached hydrogen (secondary N) is 1. The number of aliphatic hydroxyl groups is 1. The van der Waals surface area contributed by atoms with Crippen LogP contribution in [0.3, 0.4) is 0 Å². The molecule has 1 rings (SSSR count). The highest BCUT2D eigenvalue weighted by molar-refractivity contribution is 5.76. The van der Waals surface area contributed by atoms with Crippen LogP contribution in [-0.2, 0) is 4.79 Å². The normalized spacial score (nSPS) is 26.8. The summed E-state index contributed by atoms with van der Waals surface area (Å²) in [5.74, 6) is 2.36. The lowest BCUT2D eigenvalue weighted by atomic mass is 10.2. The van der Waals surface area contributed by atoms with Crippen molar-refractivity contribution in [2.45, 2.75) is 44.2 Å². The van der Waals surface area contributed by atoms with Gasteiger partial charge >= 0.3 is 0 Å². The van der Waals surface area contributed by atoms with Crippen LogP contribution >= 0.6 is 0 Å². The third-order valence-electron chi connectivity index (χ3n) is 2.32. The van der Waals surface area contributed by atoms with Crippen LogP contribution < -0.4 is 5.32 Å². The number of amides is 1. The molecule has 0 aromatic heterocycles. The minimum absolute atomic E-state index is 0.0507. The highest BCUT2D eigenvalue weighted by Gasteiger charge is 2.25. The van der Waals surface area contributed by atoms with Crippen molar-refractivity contribution in [3.63, 3.8) is 0 Å². The molecule has 2 N–H and O–H groups in total. The Labute approximate surface area is 78.5 Å². The van der Waals surface area contributed by atoms with Gasteiger partial charge in [0.15, 0.2) is 0 Å². The molecule has 0 spiro atoms. The molecule has 3 heteroatoms. The molecule has 1 saturated carbocycles. The first kappa shape index (κ1) is 10.1. The molecule has 0 aliphatic heterocycles. The van der Waals surface area contributed by atoms with Crippen LogP contribution in [-0.4, -0.2) is 23.2 Å². The Hall–Kier alpha value is -1.01. The van der Waals surface area contributed by atoms with E-state index in [0.717, 1.165) is 19.3 Å². The number of aliphatic hydroxyl groups excluding tert-OH is 1. The number of hydrogen-bond donors (Lipinski definition) is 2. The van der Waals surface area contributed by atoms with Gasteiger partial charge in [0.1, 0.15) is 0 Å². The van der Waals surface area contributed by atoms with Crippen LogP contribution in [0.15, 0.2) is 0 Å². The maximum Gasteiger partial charge on any atom is 0.221 e. The topological polar surface area (TPSA) is 49.3 Å². The van der Waals surface area contributed by atoms with Crippen LogP contribution in [0.2, 0.25) is 0 Å². The summed E-state index contributed by atoms with van der Waals surface area (Å²) in [6.07, 6.45) is 8.15. The highest BCUT2D eigenvalue weighted by atomic mass is 16.3.